The van der Waals surface area contributed by atoms with Crippen molar-refractivity contribution in [2.45, 2.75) is 32.6 Å². The highest BCUT2D eigenvalue weighted by molar-refractivity contribution is 5.81. The van der Waals surface area contributed by atoms with Crippen molar-refractivity contribution in [3.8, 4) is 0 Å². The molecule has 20 heavy (non-hydrogen) atoms. The number of aromatic nitrogens is 2. The first-order valence-electron chi connectivity index (χ1n) is 6.98. The van der Waals surface area contributed by atoms with Gasteiger partial charge < -0.3 is 15.8 Å². The Morgan fingerprint density at radius 2 is 2.20 bits per heavy atom. The molecule has 0 bridgehead atoms. The minimum atomic E-state index is -0.540. The maximum absolute atomic E-state index is 11.8. The number of carbonyl (C=O) groups excluding carboxylic acids is 1. The van der Waals surface area contributed by atoms with Crippen LogP contribution in [0.15, 0.2) is 12.3 Å². The van der Waals surface area contributed by atoms with Crippen LogP contribution in [0.2, 0.25) is 0 Å². The number of nitrogens with two attached hydrogens (primary N) is 1. The zero-order chi connectivity index (χ0) is 14.6. The maximum atomic E-state index is 11.8. The quantitative estimate of drug-likeness (QED) is 0.847. The fourth-order valence-electron chi connectivity index (χ4n) is 2.28. The van der Waals surface area contributed by atoms with Crippen LogP contribution in [0.1, 0.15) is 38.4 Å². The summed E-state index contributed by atoms with van der Waals surface area (Å²) in [7, 11) is 0. The van der Waals surface area contributed by atoms with Gasteiger partial charge in [-0.05, 0) is 18.9 Å². The van der Waals surface area contributed by atoms with Gasteiger partial charge in [-0.2, -0.15) is 0 Å². The van der Waals surface area contributed by atoms with E-state index in [1.165, 1.54) is 0 Å². The smallest absolute Gasteiger partial charge is 0.225 e. The Morgan fingerprint density at radius 1 is 1.50 bits per heavy atom. The van der Waals surface area contributed by atoms with Crippen LogP contribution in [0.4, 0.5) is 5.82 Å². The highest BCUT2D eigenvalue weighted by atomic mass is 16.5. The predicted octanol–water partition coefficient (Wildman–Crippen LogP) is 1.29. The van der Waals surface area contributed by atoms with Gasteiger partial charge in [0.15, 0.2) is 0 Å². The number of amides is 1. The van der Waals surface area contributed by atoms with Crippen LogP contribution in [0.25, 0.3) is 0 Å². The van der Waals surface area contributed by atoms with Crippen LogP contribution >= 0.6 is 0 Å². The molecule has 0 saturated carbocycles. The highest BCUT2D eigenvalue weighted by Gasteiger charge is 2.38. The lowest BCUT2D eigenvalue weighted by Crippen LogP contribution is -2.46. The molecule has 1 aliphatic heterocycles. The molecule has 1 aromatic rings. The van der Waals surface area contributed by atoms with E-state index in [9.17, 15) is 4.79 Å². The van der Waals surface area contributed by atoms with Gasteiger partial charge in [-0.15, -0.1) is 0 Å². The van der Waals surface area contributed by atoms with E-state index in [1.807, 2.05) is 13.8 Å². The lowest BCUT2D eigenvalue weighted by molar-refractivity contribution is -0.132. The predicted molar refractivity (Wildman–Crippen MR) is 76.3 cm³/mol. The van der Waals surface area contributed by atoms with Gasteiger partial charge in [0.1, 0.15) is 11.6 Å². The standard InChI is InChI=1S/C14H22N4O2/c1-10(2)12-16-6-3-11(18-12)17-9-14(13(15)19)4-7-20-8-5-14/h3,6,10H,4-5,7-9H2,1-2H3,(H2,15,19)(H,16,17,18). The molecule has 0 unspecified atom stereocenters. The molecule has 0 aromatic carbocycles. The lowest BCUT2D eigenvalue weighted by Gasteiger charge is -2.34. The molecule has 1 aliphatic rings. The second kappa shape index (κ2) is 6.17. The molecule has 3 N–H and O–H groups in total. The van der Waals surface area contributed by atoms with Gasteiger partial charge in [0, 0.05) is 31.9 Å². The highest BCUT2D eigenvalue weighted by Crippen LogP contribution is 2.30. The zero-order valence-corrected chi connectivity index (χ0v) is 12.1. The fourth-order valence-corrected chi connectivity index (χ4v) is 2.28. The van der Waals surface area contributed by atoms with E-state index in [0.29, 0.717) is 32.6 Å². The summed E-state index contributed by atoms with van der Waals surface area (Å²) in [6.45, 7) is 5.72. The third-order valence-corrected chi connectivity index (χ3v) is 3.77. The topological polar surface area (TPSA) is 90.1 Å². The van der Waals surface area contributed by atoms with Crippen molar-refractivity contribution < 1.29 is 9.53 Å². The van der Waals surface area contributed by atoms with Crippen molar-refractivity contribution in [2.24, 2.45) is 11.1 Å². The number of primary amides is 1. The molecule has 110 valence electrons. The van der Waals surface area contributed by atoms with Crippen molar-refractivity contribution in [2.75, 3.05) is 25.1 Å². The number of ether oxygens (including phenoxy) is 1. The minimum Gasteiger partial charge on any atom is -0.381 e. The zero-order valence-electron chi connectivity index (χ0n) is 12.1. The molecular formula is C14H22N4O2. The number of anilines is 1. The molecule has 0 radical (unpaired) electrons. The molecule has 0 atom stereocenters. The number of hydrogen-bond acceptors (Lipinski definition) is 5. The fraction of sp³-hybridized carbons (Fsp3) is 0.643. The Hall–Kier alpha value is -1.69. The van der Waals surface area contributed by atoms with Crippen molar-refractivity contribution >= 4 is 11.7 Å². The SMILES string of the molecule is CC(C)c1nccc(NCC2(C(N)=O)CCOCC2)n1. The molecule has 0 spiro atoms. The third kappa shape index (κ3) is 3.25. The van der Waals surface area contributed by atoms with Crippen molar-refractivity contribution in [1.29, 1.82) is 0 Å². The Morgan fingerprint density at radius 3 is 2.80 bits per heavy atom. The number of rotatable bonds is 5. The second-order valence-electron chi connectivity index (χ2n) is 5.57. The molecule has 0 aliphatic carbocycles. The van der Waals surface area contributed by atoms with E-state index >= 15 is 0 Å². The van der Waals surface area contributed by atoms with E-state index in [1.54, 1.807) is 12.3 Å². The summed E-state index contributed by atoms with van der Waals surface area (Å²) in [6.07, 6.45) is 3.03. The number of carbonyl (C=O) groups is 1. The van der Waals surface area contributed by atoms with E-state index in [4.69, 9.17) is 10.5 Å². The van der Waals surface area contributed by atoms with E-state index in [2.05, 4.69) is 15.3 Å². The first kappa shape index (κ1) is 14.7. The Kier molecular flexibility index (Phi) is 4.54. The van der Waals surface area contributed by atoms with Gasteiger partial charge in [-0.3, -0.25) is 4.79 Å². The van der Waals surface area contributed by atoms with Crippen LogP contribution in [-0.4, -0.2) is 35.6 Å². The molecule has 1 saturated heterocycles. The minimum absolute atomic E-state index is 0.268. The van der Waals surface area contributed by atoms with Crippen molar-refractivity contribution in [1.82, 2.24) is 9.97 Å². The van der Waals surface area contributed by atoms with Crippen LogP contribution < -0.4 is 11.1 Å². The van der Waals surface area contributed by atoms with E-state index in [-0.39, 0.29) is 11.8 Å². The normalized spacial score (nSPS) is 17.9. The van der Waals surface area contributed by atoms with Gasteiger partial charge in [-0.1, -0.05) is 13.8 Å². The van der Waals surface area contributed by atoms with Crippen molar-refractivity contribution in [3.63, 3.8) is 0 Å². The summed E-state index contributed by atoms with van der Waals surface area (Å²) in [6, 6.07) is 1.81. The van der Waals surface area contributed by atoms with Crippen molar-refractivity contribution in [3.05, 3.63) is 18.1 Å². The maximum Gasteiger partial charge on any atom is 0.225 e. The Labute approximate surface area is 119 Å². The van der Waals surface area contributed by atoms with Gasteiger partial charge >= 0.3 is 0 Å². The lowest BCUT2D eigenvalue weighted by atomic mass is 9.79. The molecule has 1 amide bonds. The van der Waals surface area contributed by atoms with Crippen LogP contribution in [0.5, 0.6) is 0 Å². The van der Waals surface area contributed by atoms with Gasteiger partial charge in [0.05, 0.1) is 5.41 Å². The third-order valence-electron chi connectivity index (χ3n) is 3.77. The first-order chi connectivity index (χ1) is 9.53. The summed E-state index contributed by atoms with van der Waals surface area (Å²) >= 11 is 0. The van der Waals surface area contributed by atoms with Crippen LogP contribution in [0, 0.1) is 5.41 Å². The summed E-state index contributed by atoms with van der Waals surface area (Å²) in [5.41, 5.74) is 5.04. The Balaban J connectivity index is 2.06. The van der Waals surface area contributed by atoms with E-state index < -0.39 is 5.41 Å². The molecule has 2 rings (SSSR count). The van der Waals surface area contributed by atoms with E-state index in [0.717, 1.165) is 11.6 Å². The summed E-state index contributed by atoms with van der Waals surface area (Å²) in [5.74, 6) is 1.52. The number of hydrogen-bond donors (Lipinski definition) is 2. The van der Waals surface area contributed by atoms with Gasteiger partial charge in [-0.25, -0.2) is 9.97 Å². The summed E-state index contributed by atoms with van der Waals surface area (Å²) in [4.78, 5) is 20.4. The molecule has 1 fully saturated rings. The molecule has 6 heteroatoms. The number of nitrogens with one attached hydrogen (secondary N) is 1. The second-order valence-corrected chi connectivity index (χ2v) is 5.57. The Bertz CT molecular complexity index is 470. The van der Waals surface area contributed by atoms with Crippen LogP contribution in [-0.2, 0) is 9.53 Å². The average molecular weight is 278 g/mol. The molecular weight excluding hydrogens is 256 g/mol. The first-order valence-corrected chi connectivity index (χ1v) is 6.98. The molecule has 6 nitrogen and oxygen atoms in total. The van der Waals surface area contributed by atoms with Crippen LogP contribution in [0.3, 0.4) is 0 Å². The summed E-state index contributed by atoms with van der Waals surface area (Å²) in [5, 5.41) is 3.22. The van der Waals surface area contributed by atoms with Gasteiger partial charge in [0.2, 0.25) is 5.91 Å². The largest absolute Gasteiger partial charge is 0.381 e. The van der Waals surface area contributed by atoms with Gasteiger partial charge in [0.25, 0.3) is 0 Å². The summed E-state index contributed by atoms with van der Waals surface area (Å²) < 4.78 is 5.32. The monoisotopic (exact) mass is 278 g/mol. The average Bonchev–Trinajstić information content (AvgIpc) is 2.46. The molecule has 1 aromatic heterocycles. The molecule has 2 heterocycles. The number of nitrogens with zero attached hydrogens (tertiary/aromatic N) is 2.